The van der Waals surface area contributed by atoms with Crippen molar-refractivity contribution < 1.29 is 14.3 Å². The summed E-state index contributed by atoms with van der Waals surface area (Å²) in [5.74, 6) is 0.343. The maximum atomic E-state index is 13.1. The molecule has 1 fully saturated rings. The Morgan fingerprint density at radius 1 is 0.946 bits per heavy atom. The molecule has 2 amide bonds. The summed E-state index contributed by atoms with van der Waals surface area (Å²) in [6.45, 7) is 11.7. The zero-order chi connectivity index (χ0) is 26.2. The highest BCUT2D eigenvalue weighted by atomic mass is 16.5. The molecular formula is C29H35N5O3. The van der Waals surface area contributed by atoms with E-state index in [-0.39, 0.29) is 11.8 Å². The number of rotatable bonds is 9. The minimum atomic E-state index is -0.234. The minimum absolute atomic E-state index is 0.183. The average molecular weight is 502 g/mol. The van der Waals surface area contributed by atoms with E-state index in [0.717, 1.165) is 49.7 Å². The molecule has 3 aromatic rings. The Bertz CT molecular complexity index is 1240. The van der Waals surface area contributed by atoms with E-state index in [2.05, 4.69) is 39.3 Å². The van der Waals surface area contributed by atoms with Crippen molar-refractivity contribution in [2.75, 3.05) is 54.9 Å². The second kappa shape index (κ2) is 12.5. The van der Waals surface area contributed by atoms with E-state index in [1.807, 2.05) is 43.3 Å². The number of aryl methyl sites for hydroxylation is 1. The second-order valence-corrected chi connectivity index (χ2v) is 9.10. The molecule has 0 atom stereocenters. The predicted molar refractivity (Wildman–Crippen MR) is 147 cm³/mol. The largest absolute Gasteiger partial charge is 0.378 e. The van der Waals surface area contributed by atoms with Crippen LogP contribution in [0.15, 0.2) is 60.8 Å². The summed E-state index contributed by atoms with van der Waals surface area (Å²) >= 11 is 0. The third-order valence-corrected chi connectivity index (χ3v) is 6.58. The van der Waals surface area contributed by atoms with Crippen molar-refractivity contribution in [2.45, 2.75) is 27.3 Å². The molecule has 194 valence electrons. The highest BCUT2D eigenvalue weighted by Gasteiger charge is 2.16. The fourth-order valence-electron chi connectivity index (χ4n) is 4.27. The van der Waals surface area contributed by atoms with Crippen LogP contribution in [0.25, 0.3) is 0 Å². The summed E-state index contributed by atoms with van der Waals surface area (Å²) in [6.07, 6.45) is 1.65. The van der Waals surface area contributed by atoms with Gasteiger partial charge in [-0.05, 0) is 67.5 Å². The number of anilines is 3. The molecule has 1 aliphatic heterocycles. The van der Waals surface area contributed by atoms with Crippen molar-refractivity contribution in [3.63, 3.8) is 0 Å². The van der Waals surface area contributed by atoms with Gasteiger partial charge < -0.3 is 20.3 Å². The van der Waals surface area contributed by atoms with Gasteiger partial charge in [-0.25, -0.2) is 4.98 Å². The Balaban J connectivity index is 1.44. The Morgan fingerprint density at radius 3 is 2.43 bits per heavy atom. The summed E-state index contributed by atoms with van der Waals surface area (Å²) in [5, 5.41) is 5.95. The first-order valence-corrected chi connectivity index (χ1v) is 12.8. The Morgan fingerprint density at radius 2 is 1.68 bits per heavy atom. The number of carbonyl (C=O) groups excluding carboxylic acids is 2. The van der Waals surface area contributed by atoms with E-state index >= 15 is 0 Å². The average Bonchev–Trinajstić information content (AvgIpc) is 2.94. The SMILES string of the molecule is CCN(CC)Cc1cccc(C(=O)Nc2cc(NC(=O)c3ccnc(N4CCOCC4)c3)ccc2C)c1. The lowest BCUT2D eigenvalue weighted by Crippen LogP contribution is -2.36. The number of nitrogens with zero attached hydrogens (tertiary/aromatic N) is 3. The maximum absolute atomic E-state index is 13.1. The normalized spacial score (nSPS) is 13.5. The van der Waals surface area contributed by atoms with Crippen LogP contribution in [0.4, 0.5) is 17.2 Å². The van der Waals surface area contributed by atoms with Gasteiger partial charge in [0.05, 0.1) is 13.2 Å². The molecule has 0 unspecified atom stereocenters. The van der Waals surface area contributed by atoms with Crippen LogP contribution >= 0.6 is 0 Å². The number of carbonyl (C=O) groups is 2. The quantitative estimate of drug-likeness (QED) is 0.447. The molecule has 1 aromatic heterocycles. The fourth-order valence-corrected chi connectivity index (χ4v) is 4.27. The van der Waals surface area contributed by atoms with Crippen molar-refractivity contribution in [3.05, 3.63) is 83.0 Å². The standard InChI is InChI=1S/C29H35N5O3/c1-4-33(5-2)20-22-7-6-8-23(17-22)29(36)32-26-19-25(10-9-21(26)3)31-28(35)24-11-12-30-27(18-24)34-13-15-37-16-14-34/h6-12,17-19H,4-5,13-16,20H2,1-3H3,(H,31,35)(H,32,36). The molecule has 2 aromatic carbocycles. The van der Waals surface area contributed by atoms with Gasteiger partial charge in [0.15, 0.2) is 0 Å². The lowest BCUT2D eigenvalue weighted by atomic mass is 10.1. The third-order valence-electron chi connectivity index (χ3n) is 6.58. The molecule has 8 heteroatoms. The van der Waals surface area contributed by atoms with Crippen molar-refractivity contribution in [3.8, 4) is 0 Å². The van der Waals surface area contributed by atoms with Gasteiger partial charge >= 0.3 is 0 Å². The molecule has 4 rings (SSSR count). The predicted octanol–water partition coefficient (Wildman–Crippen LogP) is 4.57. The smallest absolute Gasteiger partial charge is 0.255 e. The first kappa shape index (κ1) is 26.3. The molecule has 8 nitrogen and oxygen atoms in total. The van der Waals surface area contributed by atoms with Crippen molar-refractivity contribution in [1.82, 2.24) is 9.88 Å². The van der Waals surface area contributed by atoms with Crippen molar-refractivity contribution >= 4 is 29.0 Å². The number of amides is 2. The maximum Gasteiger partial charge on any atom is 0.255 e. The number of aromatic nitrogens is 1. The van der Waals surface area contributed by atoms with Gasteiger partial charge in [0, 0.05) is 48.3 Å². The fraction of sp³-hybridized carbons (Fsp3) is 0.345. The summed E-state index contributed by atoms with van der Waals surface area (Å²) in [4.78, 5) is 34.9. The van der Waals surface area contributed by atoms with Crippen LogP contribution in [-0.4, -0.2) is 61.1 Å². The molecule has 1 aliphatic rings. The zero-order valence-corrected chi connectivity index (χ0v) is 21.8. The Kier molecular flexibility index (Phi) is 8.87. The van der Waals surface area contributed by atoms with Crippen LogP contribution < -0.4 is 15.5 Å². The van der Waals surface area contributed by atoms with E-state index in [9.17, 15) is 9.59 Å². The second-order valence-electron chi connectivity index (χ2n) is 9.10. The van der Waals surface area contributed by atoms with Crippen molar-refractivity contribution in [2.24, 2.45) is 0 Å². The molecule has 0 spiro atoms. The zero-order valence-electron chi connectivity index (χ0n) is 21.8. The van der Waals surface area contributed by atoms with Gasteiger partial charge in [-0.3, -0.25) is 14.5 Å². The topological polar surface area (TPSA) is 86.8 Å². The van der Waals surface area contributed by atoms with Crippen molar-refractivity contribution in [1.29, 1.82) is 0 Å². The first-order chi connectivity index (χ1) is 18.0. The number of morpholine rings is 1. The number of ether oxygens (including phenoxy) is 1. The van der Waals surface area contributed by atoms with Crippen LogP contribution in [0.5, 0.6) is 0 Å². The monoisotopic (exact) mass is 501 g/mol. The summed E-state index contributed by atoms with van der Waals surface area (Å²) in [7, 11) is 0. The third kappa shape index (κ3) is 6.93. The first-order valence-electron chi connectivity index (χ1n) is 12.8. The molecule has 2 heterocycles. The van der Waals surface area contributed by atoms with Gasteiger partial charge in [0.2, 0.25) is 0 Å². The van der Waals surface area contributed by atoms with E-state index in [1.54, 1.807) is 24.4 Å². The molecule has 1 saturated heterocycles. The van der Waals surface area contributed by atoms with Crippen LogP contribution in [0.2, 0.25) is 0 Å². The number of pyridine rings is 1. The Labute approximate surface area is 218 Å². The Hall–Kier alpha value is -3.75. The van der Waals surface area contributed by atoms with Gasteiger partial charge in [-0.1, -0.05) is 32.0 Å². The molecule has 0 aliphatic carbocycles. The summed E-state index contributed by atoms with van der Waals surface area (Å²) in [5.41, 5.74) is 4.39. The highest BCUT2D eigenvalue weighted by Crippen LogP contribution is 2.23. The summed E-state index contributed by atoms with van der Waals surface area (Å²) in [6, 6.07) is 16.7. The van der Waals surface area contributed by atoms with Crippen LogP contribution in [0.3, 0.4) is 0 Å². The van der Waals surface area contributed by atoms with Crippen LogP contribution in [0, 0.1) is 6.92 Å². The number of benzene rings is 2. The summed E-state index contributed by atoms with van der Waals surface area (Å²) < 4.78 is 5.40. The molecule has 0 saturated carbocycles. The van der Waals surface area contributed by atoms with E-state index in [4.69, 9.17) is 4.74 Å². The van der Waals surface area contributed by atoms with E-state index < -0.39 is 0 Å². The molecule has 37 heavy (non-hydrogen) atoms. The van der Waals surface area contributed by atoms with Crippen LogP contribution in [0.1, 0.15) is 45.7 Å². The minimum Gasteiger partial charge on any atom is -0.378 e. The number of hydrogen-bond donors (Lipinski definition) is 2. The molecule has 0 radical (unpaired) electrons. The molecule has 2 N–H and O–H groups in total. The number of nitrogens with one attached hydrogen (secondary N) is 2. The van der Waals surface area contributed by atoms with E-state index in [0.29, 0.717) is 35.7 Å². The van der Waals surface area contributed by atoms with Crippen LogP contribution in [-0.2, 0) is 11.3 Å². The van der Waals surface area contributed by atoms with Gasteiger partial charge in [0.1, 0.15) is 5.82 Å². The lowest BCUT2D eigenvalue weighted by molar-refractivity contribution is 0.101. The van der Waals surface area contributed by atoms with Gasteiger partial charge in [-0.2, -0.15) is 0 Å². The van der Waals surface area contributed by atoms with Gasteiger partial charge in [0.25, 0.3) is 11.8 Å². The highest BCUT2D eigenvalue weighted by molar-refractivity contribution is 6.07. The molecule has 0 bridgehead atoms. The molecular weight excluding hydrogens is 466 g/mol. The number of hydrogen-bond acceptors (Lipinski definition) is 6. The van der Waals surface area contributed by atoms with Gasteiger partial charge in [-0.15, -0.1) is 0 Å². The van der Waals surface area contributed by atoms with E-state index in [1.165, 1.54) is 0 Å². The lowest BCUT2D eigenvalue weighted by Gasteiger charge is -2.27.